The summed E-state index contributed by atoms with van der Waals surface area (Å²) in [5.41, 5.74) is 1.63. The molecule has 0 radical (unpaired) electrons. The van der Waals surface area contributed by atoms with E-state index in [0.717, 1.165) is 23.3 Å². The maximum atomic E-state index is 8.87. The lowest BCUT2D eigenvalue weighted by molar-refractivity contribution is 0.138. The van der Waals surface area contributed by atoms with Crippen LogP contribution < -0.4 is 4.74 Å². The molecule has 146 valence electrons. The van der Waals surface area contributed by atoms with Crippen molar-refractivity contribution in [2.75, 3.05) is 0 Å². The molecule has 0 spiro atoms. The highest BCUT2D eigenvalue weighted by Crippen LogP contribution is 2.36. The van der Waals surface area contributed by atoms with Crippen LogP contribution in [0.1, 0.15) is 39.8 Å². The van der Waals surface area contributed by atoms with Gasteiger partial charge in [-0.3, -0.25) is 0 Å². The average molecular weight is 433 g/mol. The highest BCUT2D eigenvalue weighted by Gasteiger charge is 2.31. The zero-order chi connectivity index (χ0) is 18.5. The van der Waals surface area contributed by atoms with E-state index in [4.69, 9.17) is 39.4 Å². The van der Waals surface area contributed by atoms with Gasteiger partial charge in [0, 0.05) is 12.0 Å². The van der Waals surface area contributed by atoms with E-state index < -0.39 is 13.4 Å². The van der Waals surface area contributed by atoms with Crippen LogP contribution >= 0.6 is 13.4 Å². The number of benzene rings is 1. The molecule has 1 aromatic carbocycles. The van der Waals surface area contributed by atoms with E-state index in [0.29, 0.717) is 0 Å². The molecule has 0 fully saturated rings. The standard InChI is InChI=1S/C11H11NO.2CH4.2H3O3PS/c1-11(2)6-9-8(7-12)4-3-5-10(9)13-11;;;2*1-4(2,3)5/h3-5H,6H2,1-2H3;2*1H4;2*(H3,1,2,3,5). The van der Waals surface area contributed by atoms with Crippen LogP contribution in [0, 0.1) is 11.3 Å². The molecule has 0 amide bonds. The van der Waals surface area contributed by atoms with E-state index in [1.165, 1.54) is 0 Å². The Hall–Kier alpha value is -0.430. The van der Waals surface area contributed by atoms with Gasteiger partial charge in [0.2, 0.25) is 0 Å². The highest BCUT2D eigenvalue weighted by atomic mass is 32.5. The van der Waals surface area contributed by atoms with Crippen LogP contribution in [-0.4, -0.2) is 35.0 Å². The summed E-state index contributed by atoms with van der Waals surface area (Å²) >= 11 is 7.21. The molecule has 6 N–H and O–H groups in total. The lowest BCUT2D eigenvalue weighted by Gasteiger charge is -2.16. The molecule has 0 unspecified atom stereocenters. The van der Waals surface area contributed by atoms with Crippen molar-refractivity contribution in [3.63, 3.8) is 0 Å². The quantitative estimate of drug-likeness (QED) is 0.334. The first-order valence-electron chi connectivity index (χ1n) is 5.90. The molecule has 0 saturated heterocycles. The third kappa shape index (κ3) is 16.8. The van der Waals surface area contributed by atoms with Crippen molar-refractivity contribution in [2.24, 2.45) is 0 Å². The van der Waals surface area contributed by atoms with Gasteiger partial charge in [-0.15, -0.1) is 0 Å². The monoisotopic (exact) mass is 433 g/mol. The third-order valence-corrected chi connectivity index (χ3v) is 2.24. The summed E-state index contributed by atoms with van der Waals surface area (Å²) in [6, 6.07) is 7.80. The molecule has 1 aromatic rings. The largest absolute Gasteiger partial charge is 0.487 e. The molecule has 8 nitrogen and oxygen atoms in total. The predicted octanol–water partition coefficient (Wildman–Crippen LogP) is 1.92. The van der Waals surface area contributed by atoms with Crippen molar-refractivity contribution in [1.29, 1.82) is 5.26 Å². The molecule has 1 aliphatic heterocycles. The second kappa shape index (κ2) is 11.3. The molecule has 1 aliphatic rings. The molecule has 0 aliphatic carbocycles. The Kier molecular flexibility index (Phi) is 13.3. The SMILES string of the molecule is C.C.CC1(C)Cc2c(C#N)cccc2O1.OP(O)(O)=S.OP(O)(O)=S. The van der Waals surface area contributed by atoms with Crippen LogP contribution in [0.25, 0.3) is 0 Å². The van der Waals surface area contributed by atoms with Crippen molar-refractivity contribution in [3.05, 3.63) is 29.3 Å². The van der Waals surface area contributed by atoms with Gasteiger partial charge in [-0.25, -0.2) is 0 Å². The highest BCUT2D eigenvalue weighted by molar-refractivity contribution is 8.06. The molecule has 0 saturated carbocycles. The van der Waals surface area contributed by atoms with E-state index in [9.17, 15) is 0 Å². The summed E-state index contributed by atoms with van der Waals surface area (Å²) in [6.45, 7) is -3.54. The van der Waals surface area contributed by atoms with Gasteiger partial charge in [0.05, 0.1) is 11.6 Å². The zero-order valence-corrected chi connectivity index (χ0v) is 15.6. The molecule has 12 heteroatoms. The molecule has 0 aromatic heterocycles. The summed E-state index contributed by atoms with van der Waals surface area (Å²) in [7, 11) is 0. The first kappa shape index (κ1) is 29.3. The number of nitriles is 1. The Morgan fingerprint density at radius 1 is 1.04 bits per heavy atom. The second-order valence-electron chi connectivity index (χ2n) is 4.96. The van der Waals surface area contributed by atoms with Gasteiger partial charge in [0.25, 0.3) is 0 Å². The van der Waals surface area contributed by atoms with Crippen molar-refractivity contribution >= 4 is 37.1 Å². The summed E-state index contributed by atoms with van der Waals surface area (Å²) in [6.07, 6.45) is 0.825. The Morgan fingerprint density at radius 3 is 1.80 bits per heavy atom. The summed E-state index contributed by atoms with van der Waals surface area (Å²) in [5, 5.41) is 8.87. The fourth-order valence-electron chi connectivity index (χ4n) is 1.71. The Bertz CT molecular complexity index is 643. The molecular formula is C13H25NO7P2S2. The summed E-state index contributed by atoms with van der Waals surface area (Å²) < 4.78 is 5.69. The molecule has 0 bridgehead atoms. The van der Waals surface area contributed by atoms with Crippen LogP contribution in [0.5, 0.6) is 5.75 Å². The van der Waals surface area contributed by atoms with Crippen molar-refractivity contribution in [1.82, 2.24) is 0 Å². The lowest BCUT2D eigenvalue weighted by Crippen LogP contribution is -2.24. The van der Waals surface area contributed by atoms with Crippen LogP contribution in [0.15, 0.2) is 18.2 Å². The number of fused-ring (bicyclic) bond motifs is 1. The number of nitrogens with zero attached hydrogens (tertiary/aromatic N) is 1. The zero-order valence-electron chi connectivity index (χ0n) is 12.2. The fourth-order valence-corrected chi connectivity index (χ4v) is 1.71. The van der Waals surface area contributed by atoms with E-state index in [2.05, 4.69) is 29.7 Å². The van der Waals surface area contributed by atoms with Gasteiger partial charge in [0.1, 0.15) is 11.4 Å². The van der Waals surface area contributed by atoms with Crippen LogP contribution in [0.3, 0.4) is 0 Å². The molecule has 1 heterocycles. The van der Waals surface area contributed by atoms with Gasteiger partial charge in [-0.05, 0) is 49.6 Å². The minimum absolute atomic E-state index is 0. The molecule has 2 rings (SSSR count). The van der Waals surface area contributed by atoms with Gasteiger partial charge >= 0.3 is 13.4 Å². The van der Waals surface area contributed by atoms with Crippen molar-refractivity contribution in [2.45, 2.75) is 40.7 Å². The van der Waals surface area contributed by atoms with E-state index in [1.807, 2.05) is 32.0 Å². The summed E-state index contributed by atoms with van der Waals surface area (Å²) in [5.74, 6) is 0.865. The molecule has 25 heavy (non-hydrogen) atoms. The lowest BCUT2D eigenvalue weighted by atomic mass is 9.98. The molecule has 0 atom stereocenters. The minimum Gasteiger partial charge on any atom is -0.487 e. The first-order valence-corrected chi connectivity index (χ1v) is 11.2. The Labute approximate surface area is 158 Å². The predicted molar refractivity (Wildman–Crippen MR) is 105 cm³/mol. The summed E-state index contributed by atoms with van der Waals surface area (Å²) in [4.78, 5) is 45.3. The number of hydrogen-bond acceptors (Lipinski definition) is 4. The van der Waals surface area contributed by atoms with Gasteiger partial charge in [0.15, 0.2) is 0 Å². The van der Waals surface area contributed by atoms with Crippen LogP contribution in [-0.2, 0) is 30.0 Å². The Balaban J connectivity index is -0.000000345. The van der Waals surface area contributed by atoms with Gasteiger partial charge < -0.3 is 34.1 Å². The third-order valence-electron chi connectivity index (χ3n) is 2.24. The van der Waals surface area contributed by atoms with Gasteiger partial charge in [-0.1, -0.05) is 20.9 Å². The van der Waals surface area contributed by atoms with E-state index in [-0.39, 0.29) is 20.5 Å². The fraction of sp³-hybridized carbons (Fsp3) is 0.462. The van der Waals surface area contributed by atoms with Crippen LogP contribution in [0.4, 0.5) is 0 Å². The minimum atomic E-state index is -3.81. The first-order chi connectivity index (χ1) is 10.1. The number of rotatable bonds is 0. The van der Waals surface area contributed by atoms with E-state index in [1.54, 1.807) is 0 Å². The second-order valence-corrected chi connectivity index (χ2v) is 9.95. The maximum Gasteiger partial charge on any atom is 0.319 e. The van der Waals surface area contributed by atoms with Crippen LogP contribution in [0.2, 0.25) is 0 Å². The number of ether oxygens (including phenoxy) is 1. The average Bonchev–Trinajstić information content (AvgIpc) is 2.57. The Morgan fingerprint density at radius 2 is 1.44 bits per heavy atom. The van der Waals surface area contributed by atoms with Crippen molar-refractivity contribution < 1.29 is 34.1 Å². The topological polar surface area (TPSA) is 154 Å². The normalized spacial score (nSPS) is 13.7. The van der Waals surface area contributed by atoms with Gasteiger partial charge in [-0.2, -0.15) is 5.26 Å². The number of hydrogen-bond donors (Lipinski definition) is 6. The van der Waals surface area contributed by atoms with Crippen molar-refractivity contribution in [3.8, 4) is 11.8 Å². The maximum absolute atomic E-state index is 8.87. The molecular weight excluding hydrogens is 408 g/mol. The van der Waals surface area contributed by atoms with E-state index >= 15 is 0 Å². The smallest absolute Gasteiger partial charge is 0.319 e.